The third-order valence-electron chi connectivity index (χ3n) is 3.13. The Kier molecular flexibility index (Phi) is 2.70. The first-order valence-corrected chi connectivity index (χ1v) is 5.81. The summed E-state index contributed by atoms with van der Waals surface area (Å²) >= 11 is 0. The maximum atomic E-state index is 11.8. The molecule has 1 aromatic rings. The standard InChI is InChI=1S/C13H18N2O/c1-7(2)9-5-10-11(8(3)4)13(16)15-12(10)14-6-9/h5-8,11H,1-4H3,(H,14,15,16). The molecule has 0 aromatic carbocycles. The van der Waals surface area contributed by atoms with Crippen LogP contribution in [0.4, 0.5) is 5.82 Å². The molecule has 1 aliphatic rings. The zero-order valence-electron chi connectivity index (χ0n) is 10.2. The molecule has 0 radical (unpaired) electrons. The molecule has 0 spiro atoms. The molecular weight excluding hydrogens is 200 g/mol. The Bertz CT molecular complexity index is 424. The normalized spacial score (nSPS) is 19.1. The number of carbonyl (C=O) groups is 1. The number of nitrogens with zero attached hydrogens (tertiary/aromatic N) is 1. The van der Waals surface area contributed by atoms with Crippen molar-refractivity contribution in [1.82, 2.24) is 4.98 Å². The van der Waals surface area contributed by atoms with E-state index in [1.54, 1.807) is 0 Å². The van der Waals surface area contributed by atoms with E-state index in [1.165, 1.54) is 5.56 Å². The van der Waals surface area contributed by atoms with Crippen LogP contribution < -0.4 is 5.32 Å². The van der Waals surface area contributed by atoms with E-state index < -0.39 is 0 Å². The second-order valence-electron chi connectivity index (χ2n) is 5.07. The monoisotopic (exact) mass is 218 g/mol. The summed E-state index contributed by atoms with van der Waals surface area (Å²) in [4.78, 5) is 16.1. The summed E-state index contributed by atoms with van der Waals surface area (Å²) in [5.41, 5.74) is 2.26. The van der Waals surface area contributed by atoms with E-state index in [0.29, 0.717) is 11.8 Å². The van der Waals surface area contributed by atoms with E-state index in [4.69, 9.17) is 0 Å². The molecule has 1 atom stereocenters. The molecule has 1 amide bonds. The lowest BCUT2D eigenvalue weighted by Gasteiger charge is -2.13. The predicted octanol–water partition coefficient (Wildman–Crippen LogP) is 2.90. The van der Waals surface area contributed by atoms with Gasteiger partial charge in [-0.3, -0.25) is 4.79 Å². The second-order valence-corrected chi connectivity index (χ2v) is 5.07. The minimum atomic E-state index is -0.0406. The van der Waals surface area contributed by atoms with Crippen molar-refractivity contribution in [2.24, 2.45) is 5.92 Å². The quantitative estimate of drug-likeness (QED) is 0.829. The summed E-state index contributed by atoms with van der Waals surface area (Å²) in [7, 11) is 0. The van der Waals surface area contributed by atoms with Gasteiger partial charge in [0.15, 0.2) is 0 Å². The molecule has 1 N–H and O–H groups in total. The fourth-order valence-corrected chi connectivity index (χ4v) is 2.15. The molecule has 1 aromatic heterocycles. The van der Waals surface area contributed by atoms with Crippen molar-refractivity contribution >= 4 is 11.7 Å². The Labute approximate surface area is 96.3 Å². The van der Waals surface area contributed by atoms with Gasteiger partial charge in [-0.2, -0.15) is 0 Å². The highest BCUT2D eigenvalue weighted by Gasteiger charge is 2.34. The fourth-order valence-electron chi connectivity index (χ4n) is 2.15. The second kappa shape index (κ2) is 3.89. The Morgan fingerprint density at radius 3 is 2.56 bits per heavy atom. The number of amides is 1. The van der Waals surface area contributed by atoms with E-state index in [2.05, 4.69) is 44.1 Å². The lowest BCUT2D eigenvalue weighted by atomic mass is 9.89. The topological polar surface area (TPSA) is 42.0 Å². The van der Waals surface area contributed by atoms with Crippen molar-refractivity contribution < 1.29 is 4.79 Å². The lowest BCUT2D eigenvalue weighted by molar-refractivity contribution is -0.117. The minimum Gasteiger partial charge on any atom is -0.310 e. The number of nitrogens with one attached hydrogen (secondary N) is 1. The number of rotatable bonds is 2. The summed E-state index contributed by atoms with van der Waals surface area (Å²) in [5.74, 6) is 1.54. The van der Waals surface area contributed by atoms with Crippen LogP contribution in [-0.2, 0) is 4.79 Å². The molecule has 16 heavy (non-hydrogen) atoms. The van der Waals surface area contributed by atoms with E-state index in [9.17, 15) is 4.79 Å². The molecular formula is C13H18N2O. The van der Waals surface area contributed by atoms with Crippen LogP contribution >= 0.6 is 0 Å². The first-order valence-electron chi connectivity index (χ1n) is 5.81. The van der Waals surface area contributed by atoms with Crippen LogP contribution in [0.15, 0.2) is 12.3 Å². The van der Waals surface area contributed by atoms with Crippen LogP contribution in [0.5, 0.6) is 0 Å². The predicted molar refractivity (Wildman–Crippen MR) is 64.5 cm³/mol. The number of anilines is 1. The van der Waals surface area contributed by atoms with E-state index in [1.807, 2.05) is 6.20 Å². The van der Waals surface area contributed by atoms with Crippen LogP contribution in [0, 0.1) is 5.92 Å². The van der Waals surface area contributed by atoms with Crippen molar-refractivity contribution in [3.8, 4) is 0 Å². The van der Waals surface area contributed by atoms with Crippen LogP contribution in [0.2, 0.25) is 0 Å². The first kappa shape index (κ1) is 11.1. The van der Waals surface area contributed by atoms with Crippen molar-refractivity contribution in [3.63, 3.8) is 0 Å². The van der Waals surface area contributed by atoms with Crippen LogP contribution in [0.1, 0.15) is 50.7 Å². The average molecular weight is 218 g/mol. The van der Waals surface area contributed by atoms with Gasteiger partial charge < -0.3 is 5.32 Å². The highest BCUT2D eigenvalue weighted by atomic mass is 16.2. The number of aromatic nitrogens is 1. The highest BCUT2D eigenvalue weighted by Crippen LogP contribution is 2.37. The summed E-state index contributed by atoms with van der Waals surface area (Å²) in [5, 5.41) is 2.84. The van der Waals surface area contributed by atoms with Gasteiger partial charge in [0.2, 0.25) is 5.91 Å². The summed E-state index contributed by atoms with van der Waals surface area (Å²) in [6.07, 6.45) is 1.85. The molecule has 0 aliphatic carbocycles. The molecule has 0 fully saturated rings. The molecule has 1 aliphatic heterocycles. The van der Waals surface area contributed by atoms with Crippen molar-refractivity contribution in [1.29, 1.82) is 0 Å². The van der Waals surface area contributed by atoms with Gasteiger partial charge in [-0.1, -0.05) is 27.7 Å². The maximum absolute atomic E-state index is 11.8. The molecule has 2 heterocycles. The third kappa shape index (κ3) is 1.70. The summed E-state index contributed by atoms with van der Waals surface area (Å²) in [6.45, 7) is 8.42. The van der Waals surface area contributed by atoms with Gasteiger partial charge in [0.05, 0.1) is 5.92 Å². The van der Waals surface area contributed by atoms with Crippen LogP contribution in [0.3, 0.4) is 0 Å². The Balaban J connectivity index is 2.46. The number of hydrogen-bond donors (Lipinski definition) is 1. The van der Waals surface area contributed by atoms with Gasteiger partial charge in [-0.25, -0.2) is 4.98 Å². The average Bonchev–Trinajstić information content (AvgIpc) is 2.51. The van der Waals surface area contributed by atoms with Crippen LogP contribution in [-0.4, -0.2) is 10.9 Å². The van der Waals surface area contributed by atoms with Gasteiger partial charge in [0, 0.05) is 11.8 Å². The highest BCUT2D eigenvalue weighted by molar-refractivity contribution is 6.01. The largest absolute Gasteiger partial charge is 0.310 e. The Hall–Kier alpha value is -1.38. The van der Waals surface area contributed by atoms with E-state index in [-0.39, 0.29) is 11.8 Å². The summed E-state index contributed by atoms with van der Waals surface area (Å²) in [6, 6.07) is 2.12. The van der Waals surface area contributed by atoms with Crippen LogP contribution in [0.25, 0.3) is 0 Å². The molecule has 2 rings (SSSR count). The van der Waals surface area contributed by atoms with Gasteiger partial charge in [0.1, 0.15) is 5.82 Å². The molecule has 3 heteroatoms. The van der Waals surface area contributed by atoms with Crippen molar-refractivity contribution in [2.75, 3.05) is 5.32 Å². The zero-order chi connectivity index (χ0) is 11.9. The number of hydrogen-bond acceptors (Lipinski definition) is 2. The Morgan fingerprint density at radius 2 is 2.00 bits per heavy atom. The molecule has 0 saturated carbocycles. The third-order valence-corrected chi connectivity index (χ3v) is 3.13. The molecule has 0 bridgehead atoms. The first-order chi connectivity index (χ1) is 7.50. The van der Waals surface area contributed by atoms with E-state index >= 15 is 0 Å². The fraction of sp³-hybridized carbons (Fsp3) is 0.538. The zero-order valence-corrected chi connectivity index (χ0v) is 10.2. The smallest absolute Gasteiger partial charge is 0.233 e. The minimum absolute atomic E-state index is 0.0406. The van der Waals surface area contributed by atoms with Gasteiger partial charge in [0.25, 0.3) is 0 Å². The van der Waals surface area contributed by atoms with Gasteiger partial charge >= 0.3 is 0 Å². The lowest BCUT2D eigenvalue weighted by Crippen LogP contribution is -2.16. The van der Waals surface area contributed by atoms with E-state index in [0.717, 1.165) is 11.4 Å². The summed E-state index contributed by atoms with van der Waals surface area (Å²) < 4.78 is 0. The molecule has 0 saturated heterocycles. The SMILES string of the molecule is CC(C)c1cnc2c(c1)C(C(C)C)C(=O)N2. The van der Waals surface area contributed by atoms with Gasteiger partial charge in [-0.05, 0) is 23.5 Å². The van der Waals surface area contributed by atoms with Crippen molar-refractivity contribution in [2.45, 2.75) is 39.5 Å². The Morgan fingerprint density at radius 1 is 1.31 bits per heavy atom. The molecule has 3 nitrogen and oxygen atoms in total. The molecule has 86 valence electrons. The number of carbonyl (C=O) groups excluding carboxylic acids is 1. The number of fused-ring (bicyclic) bond motifs is 1. The number of pyridine rings is 1. The maximum Gasteiger partial charge on any atom is 0.233 e. The molecule has 1 unspecified atom stereocenters. The van der Waals surface area contributed by atoms with Gasteiger partial charge in [-0.15, -0.1) is 0 Å². The van der Waals surface area contributed by atoms with Crippen molar-refractivity contribution in [3.05, 3.63) is 23.4 Å².